The number of hydrogen-bond donors (Lipinski definition) is 0. The number of hydrogen-bond acceptors (Lipinski definition) is 5. The number of ketones is 2. The van der Waals surface area contributed by atoms with Crippen LogP contribution in [0.1, 0.15) is 68.9 Å². The lowest BCUT2D eigenvalue weighted by atomic mass is 9.71. The van der Waals surface area contributed by atoms with E-state index in [1.807, 2.05) is 30.3 Å². The van der Waals surface area contributed by atoms with Gasteiger partial charge in [-0.1, -0.05) is 37.3 Å². The van der Waals surface area contributed by atoms with Crippen LogP contribution in [-0.4, -0.2) is 30.2 Å². The zero-order valence-electron chi connectivity index (χ0n) is 20.9. The Balaban J connectivity index is 1.69. The second kappa shape index (κ2) is 10.6. The van der Waals surface area contributed by atoms with Crippen molar-refractivity contribution < 1.29 is 19.1 Å². The number of Topliss-reactive ketones (excluding diaryl/α,β-unsaturated/α-hetero) is 2. The molecular weight excluding hydrogens is 518 g/mol. The van der Waals surface area contributed by atoms with Gasteiger partial charge in [0.05, 0.1) is 18.2 Å². The molecule has 0 N–H and O–H groups in total. The van der Waals surface area contributed by atoms with Crippen LogP contribution in [0.15, 0.2) is 69.5 Å². The van der Waals surface area contributed by atoms with Gasteiger partial charge in [0, 0.05) is 47.8 Å². The molecule has 5 nitrogen and oxygen atoms in total. The molecule has 0 amide bonds. The van der Waals surface area contributed by atoms with E-state index >= 15 is 0 Å². The average molecular weight is 550 g/mol. The first-order valence-electron chi connectivity index (χ1n) is 12.9. The lowest BCUT2D eigenvalue weighted by Crippen LogP contribution is -2.38. The van der Waals surface area contributed by atoms with Crippen LogP contribution in [0.5, 0.6) is 11.5 Å². The van der Waals surface area contributed by atoms with Crippen molar-refractivity contribution >= 4 is 27.5 Å². The predicted molar refractivity (Wildman–Crippen MR) is 143 cm³/mol. The van der Waals surface area contributed by atoms with Crippen molar-refractivity contribution in [1.82, 2.24) is 4.90 Å². The van der Waals surface area contributed by atoms with E-state index in [1.165, 1.54) is 5.56 Å². The Morgan fingerprint density at radius 3 is 2.17 bits per heavy atom. The molecule has 0 aromatic heterocycles. The summed E-state index contributed by atoms with van der Waals surface area (Å²) in [6, 6.07) is 14.3. The Morgan fingerprint density at radius 1 is 0.944 bits per heavy atom. The van der Waals surface area contributed by atoms with Crippen LogP contribution in [0, 0.1) is 0 Å². The van der Waals surface area contributed by atoms with Gasteiger partial charge in [0.15, 0.2) is 23.1 Å². The number of methoxy groups -OCH3 is 1. The molecule has 3 aliphatic rings. The topological polar surface area (TPSA) is 55.8 Å². The summed E-state index contributed by atoms with van der Waals surface area (Å²) in [5.74, 6) is 1.16. The predicted octanol–water partition coefficient (Wildman–Crippen LogP) is 6.86. The summed E-state index contributed by atoms with van der Waals surface area (Å²) in [6.45, 7) is 3.31. The normalized spacial score (nSPS) is 18.4. The molecule has 0 saturated carbocycles. The van der Waals surface area contributed by atoms with Crippen molar-refractivity contribution in [3.63, 3.8) is 0 Å². The molecule has 2 aromatic carbocycles. The summed E-state index contributed by atoms with van der Waals surface area (Å²) < 4.78 is 12.4. The van der Waals surface area contributed by atoms with Crippen molar-refractivity contribution in [2.45, 2.75) is 64.3 Å². The number of carbonyl (C=O) groups is 2. The third-order valence-electron chi connectivity index (χ3n) is 7.31. The highest BCUT2D eigenvalue weighted by atomic mass is 79.9. The second-order valence-electron chi connectivity index (χ2n) is 9.66. The molecule has 6 heteroatoms. The maximum Gasteiger partial charge on any atom is 0.175 e. The highest BCUT2D eigenvalue weighted by molar-refractivity contribution is 9.10. The van der Waals surface area contributed by atoms with Crippen LogP contribution in [0.3, 0.4) is 0 Å². The SMILES string of the molecule is CCCOc1c(Br)cc(C2C3=C(CCCC3=O)N(Cc3ccccc3)C3=C2C(=O)CCC3)cc1OC. The summed E-state index contributed by atoms with van der Waals surface area (Å²) >= 11 is 3.68. The molecule has 2 aliphatic carbocycles. The summed E-state index contributed by atoms with van der Waals surface area (Å²) in [5, 5.41) is 0. The minimum absolute atomic E-state index is 0.144. The number of carbonyl (C=O) groups excluding carboxylic acids is 2. The van der Waals surface area contributed by atoms with Crippen molar-refractivity contribution in [2.24, 2.45) is 0 Å². The number of ether oxygens (including phenoxy) is 2. The van der Waals surface area contributed by atoms with E-state index in [9.17, 15) is 9.59 Å². The molecule has 1 heterocycles. The van der Waals surface area contributed by atoms with Gasteiger partial charge < -0.3 is 14.4 Å². The Kier molecular flexibility index (Phi) is 7.33. The number of halogens is 1. The van der Waals surface area contributed by atoms with Crippen molar-refractivity contribution in [3.8, 4) is 11.5 Å². The highest BCUT2D eigenvalue weighted by Crippen LogP contribution is 2.51. The molecular formula is C30H32BrNO4. The molecule has 36 heavy (non-hydrogen) atoms. The monoisotopic (exact) mass is 549 g/mol. The van der Waals surface area contributed by atoms with Gasteiger partial charge in [-0.25, -0.2) is 0 Å². The summed E-state index contributed by atoms with van der Waals surface area (Å²) in [4.78, 5) is 29.4. The van der Waals surface area contributed by atoms with E-state index in [-0.39, 0.29) is 17.5 Å². The molecule has 188 valence electrons. The summed E-state index contributed by atoms with van der Waals surface area (Å²) in [5.41, 5.74) is 5.79. The van der Waals surface area contributed by atoms with Gasteiger partial charge in [0.25, 0.3) is 0 Å². The van der Waals surface area contributed by atoms with Gasteiger partial charge in [0.1, 0.15) is 0 Å². The van der Waals surface area contributed by atoms with Crippen LogP contribution >= 0.6 is 15.9 Å². The third-order valence-corrected chi connectivity index (χ3v) is 7.89. The number of nitrogens with zero attached hydrogens (tertiary/aromatic N) is 1. The molecule has 0 saturated heterocycles. The third kappa shape index (κ3) is 4.52. The first kappa shape index (κ1) is 24.8. The van der Waals surface area contributed by atoms with Crippen LogP contribution in [0.4, 0.5) is 0 Å². The second-order valence-corrected chi connectivity index (χ2v) is 10.5. The standard InChI is InChI=1S/C30H32BrNO4/c1-3-15-36-30-21(31)16-20(17-26(30)35-2)27-28-22(11-7-13-24(28)33)32(18-19-9-5-4-6-10-19)23-12-8-14-25(34)29(23)27/h4-6,9-10,16-17,27H,3,7-8,11-15,18H2,1-2H3. The first-order valence-corrected chi connectivity index (χ1v) is 13.7. The van der Waals surface area contributed by atoms with Crippen molar-refractivity contribution in [2.75, 3.05) is 13.7 Å². The Morgan fingerprint density at radius 2 is 1.58 bits per heavy atom. The summed E-state index contributed by atoms with van der Waals surface area (Å²) in [7, 11) is 1.62. The molecule has 1 aliphatic heterocycles. The fourth-order valence-corrected chi connectivity index (χ4v) is 6.33. The molecule has 0 bridgehead atoms. The van der Waals surface area contributed by atoms with Gasteiger partial charge >= 0.3 is 0 Å². The maximum atomic E-state index is 13.6. The Labute approximate surface area is 221 Å². The van der Waals surface area contributed by atoms with E-state index in [2.05, 4.69) is 39.9 Å². The first-order chi connectivity index (χ1) is 17.5. The minimum atomic E-state index is -0.381. The van der Waals surface area contributed by atoms with Crippen LogP contribution in [-0.2, 0) is 16.1 Å². The number of benzene rings is 2. The van der Waals surface area contributed by atoms with Gasteiger partial charge in [-0.3, -0.25) is 9.59 Å². The molecule has 0 unspecified atom stereocenters. The zero-order valence-corrected chi connectivity index (χ0v) is 22.5. The molecule has 0 fully saturated rings. The molecule has 2 aromatic rings. The lowest BCUT2D eigenvalue weighted by Gasteiger charge is -2.44. The smallest absolute Gasteiger partial charge is 0.175 e. The number of allylic oxidation sites excluding steroid dienone is 4. The van der Waals surface area contributed by atoms with Gasteiger partial charge in [-0.2, -0.15) is 0 Å². The largest absolute Gasteiger partial charge is 0.493 e. The molecule has 0 spiro atoms. The van der Waals surface area contributed by atoms with Gasteiger partial charge in [-0.05, 0) is 71.3 Å². The van der Waals surface area contributed by atoms with E-state index in [0.29, 0.717) is 37.5 Å². The van der Waals surface area contributed by atoms with Crippen molar-refractivity contribution in [1.29, 1.82) is 0 Å². The fourth-order valence-electron chi connectivity index (χ4n) is 5.76. The molecule has 0 radical (unpaired) electrons. The van der Waals surface area contributed by atoms with Crippen LogP contribution in [0.25, 0.3) is 0 Å². The quantitative estimate of drug-likeness (QED) is 0.377. The Hall–Kier alpha value is -2.86. The minimum Gasteiger partial charge on any atom is -0.493 e. The highest BCUT2D eigenvalue weighted by Gasteiger charge is 2.43. The van der Waals surface area contributed by atoms with E-state index in [1.54, 1.807) is 7.11 Å². The van der Waals surface area contributed by atoms with Crippen LogP contribution < -0.4 is 9.47 Å². The lowest BCUT2D eigenvalue weighted by molar-refractivity contribution is -0.117. The fraction of sp³-hybridized carbons (Fsp3) is 0.400. The summed E-state index contributed by atoms with van der Waals surface area (Å²) in [6.07, 6.45) is 5.26. The van der Waals surface area contributed by atoms with Crippen molar-refractivity contribution in [3.05, 3.63) is 80.6 Å². The zero-order chi connectivity index (χ0) is 25.2. The maximum absolute atomic E-state index is 13.6. The molecule has 5 rings (SSSR count). The molecule has 0 atom stereocenters. The van der Waals surface area contributed by atoms with Gasteiger partial charge in [-0.15, -0.1) is 0 Å². The number of rotatable bonds is 7. The van der Waals surface area contributed by atoms with Crippen LogP contribution in [0.2, 0.25) is 0 Å². The van der Waals surface area contributed by atoms with E-state index in [4.69, 9.17) is 9.47 Å². The Bertz CT molecular complexity index is 1200. The average Bonchev–Trinajstić information content (AvgIpc) is 2.89. The van der Waals surface area contributed by atoms with E-state index < -0.39 is 0 Å². The van der Waals surface area contributed by atoms with Gasteiger partial charge in [0.2, 0.25) is 0 Å². The van der Waals surface area contributed by atoms with E-state index in [0.717, 1.165) is 64.7 Å².